The Hall–Kier alpha value is -1.56. The quantitative estimate of drug-likeness (QED) is 0.665. The van der Waals surface area contributed by atoms with Crippen LogP contribution in [-0.2, 0) is 14.3 Å². The van der Waals surface area contributed by atoms with Gasteiger partial charge in [0.25, 0.3) is 0 Å². The molecule has 1 amide bonds. The topological polar surface area (TPSA) is 64.6 Å². The van der Waals surface area contributed by atoms with Crippen molar-refractivity contribution in [2.75, 3.05) is 13.7 Å². The van der Waals surface area contributed by atoms with Crippen LogP contribution in [0.1, 0.15) is 17.3 Å². The average molecular weight is 330 g/mol. The molecule has 0 fully saturated rings. The Morgan fingerprint density at radius 1 is 1.32 bits per heavy atom. The highest BCUT2D eigenvalue weighted by atomic mass is 79.9. The number of carbonyl (C=O) groups is 2. The first-order valence-electron chi connectivity index (χ1n) is 5.80. The lowest BCUT2D eigenvalue weighted by atomic mass is 10.1. The third-order valence-electron chi connectivity index (χ3n) is 2.41. The minimum absolute atomic E-state index is 0.234. The third kappa shape index (κ3) is 4.55. The van der Waals surface area contributed by atoms with Gasteiger partial charge in [0.2, 0.25) is 0 Å². The zero-order chi connectivity index (χ0) is 14.3. The van der Waals surface area contributed by atoms with Crippen molar-refractivity contribution in [1.29, 1.82) is 0 Å². The number of carbonyl (C=O) groups excluding carboxylic acids is 2. The summed E-state index contributed by atoms with van der Waals surface area (Å²) in [7, 11) is 1.27. The number of methoxy groups -OCH3 is 1. The number of alkyl halides is 1. The molecule has 0 bridgehead atoms. The van der Waals surface area contributed by atoms with Gasteiger partial charge in [0, 0.05) is 0 Å². The van der Waals surface area contributed by atoms with E-state index in [1.54, 1.807) is 6.92 Å². The highest BCUT2D eigenvalue weighted by Crippen LogP contribution is 2.27. The lowest BCUT2D eigenvalue weighted by Crippen LogP contribution is -2.44. The number of benzene rings is 1. The predicted octanol–water partition coefficient (Wildman–Crippen LogP) is 2.41. The summed E-state index contributed by atoms with van der Waals surface area (Å²) >= 11 is 3.40. The van der Waals surface area contributed by atoms with E-state index in [4.69, 9.17) is 9.47 Å². The molecule has 0 saturated carbocycles. The van der Waals surface area contributed by atoms with Crippen molar-refractivity contribution in [3.05, 3.63) is 35.9 Å². The lowest BCUT2D eigenvalue weighted by Gasteiger charge is -2.21. The second-order valence-electron chi connectivity index (χ2n) is 3.68. The second-order valence-corrected chi connectivity index (χ2v) is 4.66. The maximum atomic E-state index is 11.7. The van der Waals surface area contributed by atoms with Gasteiger partial charge in [0.1, 0.15) is 6.04 Å². The molecular weight excluding hydrogens is 314 g/mol. The Morgan fingerprint density at radius 3 is 2.47 bits per heavy atom. The van der Waals surface area contributed by atoms with Gasteiger partial charge in [-0.05, 0) is 12.5 Å². The van der Waals surface area contributed by atoms with Crippen molar-refractivity contribution in [2.24, 2.45) is 0 Å². The molecule has 0 spiro atoms. The van der Waals surface area contributed by atoms with Crippen LogP contribution in [0.25, 0.3) is 0 Å². The number of hydrogen-bond donors (Lipinski definition) is 1. The molecule has 104 valence electrons. The van der Waals surface area contributed by atoms with Crippen molar-refractivity contribution < 1.29 is 19.1 Å². The van der Waals surface area contributed by atoms with Crippen molar-refractivity contribution in [2.45, 2.75) is 17.8 Å². The summed E-state index contributed by atoms with van der Waals surface area (Å²) in [6, 6.07) is 8.41. The zero-order valence-electron chi connectivity index (χ0n) is 10.8. The zero-order valence-corrected chi connectivity index (χ0v) is 12.3. The summed E-state index contributed by atoms with van der Waals surface area (Å²) in [5, 5.41) is 2.48. The summed E-state index contributed by atoms with van der Waals surface area (Å²) in [4.78, 5) is 22.8. The second kappa shape index (κ2) is 7.78. The first-order chi connectivity index (χ1) is 9.10. The number of esters is 1. The Balaban J connectivity index is 2.85. The van der Waals surface area contributed by atoms with Gasteiger partial charge in [0.05, 0.1) is 18.5 Å². The van der Waals surface area contributed by atoms with E-state index in [9.17, 15) is 9.59 Å². The number of alkyl carbamates (subject to hydrolysis) is 1. The van der Waals surface area contributed by atoms with Gasteiger partial charge in [-0.15, -0.1) is 0 Å². The molecule has 0 aliphatic rings. The van der Waals surface area contributed by atoms with E-state index in [1.165, 1.54) is 7.11 Å². The number of rotatable bonds is 5. The molecule has 1 aromatic carbocycles. The van der Waals surface area contributed by atoms with E-state index in [-0.39, 0.29) is 6.61 Å². The number of hydrogen-bond acceptors (Lipinski definition) is 4. The van der Waals surface area contributed by atoms with E-state index in [2.05, 4.69) is 21.2 Å². The van der Waals surface area contributed by atoms with E-state index in [0.29, 0.717) is 0 Å². The summed E-state index contributed by atoms with van der Waals surface area (Å²) in [5.41, 5.74) is 0.856. The molecule has 6 heteroatoms. The Kier molecular flexibility index (Phi) is 6.35. The number of amides is 1. The van der Waals surface area contributed by atoms with Crippen molar-refractivity contribution in [3.63, 3.8) is 0 Å². The maximum absolute atomic E-state index is 11.7. The molecular formula is C13H16BrNO4. The largest absolute Gasteiger partial charge is 0.467 e. The van der Waals surface area contributed by atoms with E-state index >= 15 is 0 Å². The summed E-state index contributed by atoms with van der Waals surface area (Å²) in [6.07, 6.45) is -0.654. The molecule has 1 aromatic rings. The van der Waals surface area contributed by atoms with Gasteiger partial charge in [0.15, 0.2) is 0 Å². The van der Waals surface area contributed by atoms with Crippen molar-refractivity contribution in [1.82, 2.24) is 5.32 Å². The van der Waals surface area contributed by atoms with Gasteiger partial charge in [-0.1, -0.05) is 46.3 Å². The Bertz CT molecular complexity index is 424. The van der Waals surface area contributed by atoms with E-state index in [1.807, 2.05) is 30.3 Å². The number of halogens is 1. The molecule has 0 aliphatic heterocycles. The highest BCUT2D eigenvalue weighted by molar-refractivity contribution is 9.09. The van der Waals surface area contributed by atoms with Crippen LogP contribution < -0.4 is 5.32 Å². The number of ether oxygens (including phenoxy) is 2. The minimum Gasteiger partial charge on any atom is -0.467 e. The average Bonchev–Trinajstić information content (AvgIpc) is 2.44. The maximum Gasteiger partial charge on any atom is 0.407 e. The SMILES string of the molecule is CCOC(=O)N[C@H](C(=O)OC)[C@@H](Br)c1ccccc1. The molecule has 1 N–H and O–H groups in total. The van der Waals surface area contributed by atoms with Crippen LogP contribution >= 0.6 is 15.9 Å². The third-order valence-corrected chi connectivity index (χ3v) is 3.47. The standard InChI is InChI=1S/C13H16BrNO4/c1-3-19-13(17)15-11(12(16)18-2)10(14)9-7-5-4-6-8-9/h4-8,10-11H,3H2,1-2H3,(H,15,17)/t10-,11-/m0/s1. The van der Waals surface area contributed by atoms with Crippen LogP contribution in [0, 0.1) is 0 Å². The summed E-state index contributed by atoms with van der Waals surface area (Å²) in [6.45, 7) is 1.92. The predicted molar refractivity (Wildman–Crippen MR) is 74.1 cm³/mol. The number of nitrogens with one attached hydrogen (secondary N) is 1. The fourth-order valence-electron chi connectivity index (χ4n) is 1.51. The first-order valence-corrected chi connectivity index (χ1v) is 6.71. The van der Waals surface area contributed by atoms with Crippen LogP contribution in [-0.4, -0.2) is 31.8 Å². The minimum atomic E-state index is -0.855. The van der Waals surface area contributed by atoms with Gasteiger partial charge >= 0.3 is 12.1 Å². The summed E-state index contributed by atoms with van der Waals surface area (Å²) < 4.78 is 9.47. The molecule has 0 unspecified atom stereocenters. The molecule has 2 atom stereocenters. The van der Waals surface area contributed by atoms with Crippen molar-refractivity contribution in [3.8, 4) is 0 Å². The van der Waals surface area contributed by atoms with E-state index < -0.39 is 22.9 Å². The van der Waals surface area contributed by atoms with Crippen LogP contribution in [0.15, 0.2) is 30.3 Å². The van der Waals surface area contributed by atoms with Gasteiger partial charge < -0.3 is 14.8 Å². The monoisotopic (exact) mass is 329 g/mol. The molecule has 0 aliphatic carbocycles. The smallest absolute Gasteiger partial charge is 0.407 e. The van der Waals surface area contributed by atoms with Crippen LogP contribution in [0.4, 0.5) is 4.79 Å². The van der Waals surface area contributed by atoms with Crippen LogP contribution in [0.2, 0.25) is 0 Å². The van der Waals surface area contributed by atoms with Gasteiger partial charge in [-0.25, -0.2) is 9.59 Å². The molecule has 0 saturated heterocycles. The molecule has 0 radical (unpaired) electrons. The normalized spacial score (nSPS) is 13.2. The lowest BCUT2D eigenvalue weighted by molar-refractivity contribution is -0.143. The van der Waals surface area contributed by atoms with Crippen molar-refractivity contribution >= 4 is 28.0 Å². The van der Waals surface area contributed by atoms with E-state index in [0.717, 1.165) is 5.56 Å². The van der Waals surface area contributed by atoms with Crippen LogP contribution in [0.5, 0.6) is 0 Å². The fourth-order valence-corrected chi connectivity index (χ4v) is 2.16. The highest BCUT2D eigenvalue weighted by Gasteiger charge is 2.30. The Morgan fingerprint density at radius 2 is 1.95 bits per heavy atom. The fraction of sp³-hybridized carbons (Fsp3) is 0.385. The first kappa shape index (κ1) is 15.5. The molecule has 0 aromatic heterocycles. The summed E-state index contributed by atoms with van der Waals surface area (Å²) in [5.74, 6) is -0.543. The Labute approximate surface area is 120 Å². The molecule has 1 rings (SSSR count). The molecule has 5 nitrogen and oxygen atoms in total. The van der Waals surface area contributed by atoms with Gasteiger partial charge in [-0.2, -0.15) is 0 Å². The molecule has 19 heavy (non-hydrogen) atoms. The van der Waals surface area contributed by atoms with Gasteiger partial charge in [-0.3, -0.25) is 0 Å². The van der Waals surface area contributed by atoms with Crippen LogP contribution in [0.3, 0.4) is 0 Å². The molecule has 0 heterocycles.